The second-order valence-corrected chi connectivity index (χ2v) is 7.79. The van der Waals surface area contributed by atoms with E-state index in [4.69, 9.17) is 14.2 Å². The van der Waals surface area contributed by atoms with Gasteiger partial charge in [0.1, 0.15) is 0 Å². The summed E-state index contributed by atoms with van der Waals surface area (Å²) in [6.07, 6.45) is 4.05. The van der Waals surface area contributed by atoms with Crippen LogP contribution >= 0.6 is 0 Å². The van der Waals surface area contributed by atoms with Crippen LogP contribution in [0.5, 0.6) is 17.2 Å². The van der Waals surface area contributed by atoms with Crippen LogP contribution in [0, 0.1) is 0 Å². The van der Waals surface area contributed by atoms with Crippen molar-refractivity contribution in [1.82, 2.24) is 4.98 Å². The van der Waals surface area contributed by atoms with Crippen LogP contribution in [0.25, 0.3) is 10.9 Å². The predicted molar refractivity (Wildman–Crippen MR) is 119 cm³/mol. The number of allylic oxidation sites excluding steroid dienone is 2. The second-order valence-electron chi connectivity index (χ2n) is 7.79. The number of Topliss-reactive ketones (excluding diaryl/α,β-unsaturated/α-hetero) is 1. The SMILES string of the molecule is COc1cc([C@H]2C3=C(CCCC3=O)Nc3c2ccc2ncccc32)cc(OC)c1OC. The molecule has 0 unspecified atom stereocenters. The fourth-order valence-corrected chi connectivity index (χ4v) is 4.80. The lowest BCUT2D eigenvalue weighted by Gasteiger charge is -2.35. The number of ketones is 1. The van der Waals surface area contributed by atoms with Crippen LogP contribution in [0.4, 0.5) is 5.69 Å². The van der Waals surface area contributed by atoms with Crippen LogP contribution in [0.1, 0.15) is 36.3 Å². The number of carbonyl (C=O) groups is 1. The van der Waals surface area contributed by atoms with E-state index in [9.17, 15) is 4.79 Å². The molecule has 2 heterocycles. The van der Waals surface area contributed by atoms with Gasteiger partial charge in [-0.05, 0) is 54.3 Å². The number of anilines is 1. The number of benzene rings is 2. The Bertz CT molecular complexity index is 1210. The van der Waals surface area contributed by atoms with Gasteiger partial charge in [0.25, 0.3) is 0 Å². The van der Waals surface area contributed by atoms with Crippen LogP contribution in [0.15, 0.2) is 53.9 Å². The Kier molecular flexibility index (Phi) is 4.77. The first-order valence-electron chi connectivity index (χ1n) is 10.4. The molecule has 0 fully saturated rings. The number of nitrogens with zero attached hydrogens (tertiary/aromatic N) is 1. The summed E-state index contributed by atoms with van der Waals surface area (Å²) in [4.78, 5) is 17.6. The summed E-state index contributed by atoms with van der Waals surface area (Å²) in [6, 6.07) is 12.0. The quantitative estimate of drug-likeness (QED) is 0.657. The number of methoxy groups -OCH3 is 3. The van der Waals surface area contributed by atoms with Crippen molar-refractivity contribution in [2.45, 2.75) is 25.2 Å². The zero-order valence-corrected chi connectivity index (χ0v) is 17.8. The van der Waals surface area contributed by atoms with Crippen molar-refractivity contribution in [3.63, 3.8) is 0 Å². The van der Waals surface area contributed by atoms with Gasteiger partial charge >= 0.3 is 0 Å². The number of nitrogens with one attached hydrogen (secondary N) is 1. The standard InChI is InChI=1S/C25H24N2O4/c1-29-20-12-14(13-21(30-2)25(20)31-3)22-16-9-10-17-15(6-5-11-26-17)24(16)27-18-7-4-8-19(28)23(18)22/h5-6,9-13,22,27H,4,7-8H2,1-3H3/t22-/m1/s1. The van der Waals surface area contributed by atoms with Crippen LogP contribution < -0.4 is 19.5 Å². The fraction of sp³-hybridized carbons (Fsp3) is 0.280. The molecule has 158 valence electrons. The summed E-state index contributed by atoms with van der Waals surface area (Å²) in [6.45, 7) is 0. The molecule has 0 spiro atoms. The maximum atomic E-state index is 13.1. The molecule has 2 aromatic carbocycles. The first-order chi connectivity index (χ1) is 15.2. The van der Waals surface area contributed by atoms with Crippen molar-refractivity contribution < 1.29 is 19.0 Å². The molecule has 0 amide bonds. The number of carbonyl (C=O) groups excluding carboxylic acids is 1. The monoisotopic (exact) mass is 416 g/mol. The van der Waals surface area contributed by atoms with Gasteiger partial charge in [0, 0.05) is 35.2 Å². The fourth-order valence-electron chi connectivity index (χ4n) is 4.80. The molecule has 1 N–H and O–H groups in total. The van der Waals surface area contributed by atoms with Gasteiger partial charge in [-0.3, -0.25) is 9.78 Å². The Balaban J connectivity index is 1.80. The van der Waals surface area contributed by atoms with Gasteiger partial charge in [-0.2, -0.15) is 0 Å². The van der Waals surface area contributed by atoms with Crippen LogP contribution in [0.3, 0.4) is 0 Å². The van der Waals surface area contributed by atoms with E-state index in [1.54, 1.807) is 27.5 Å². The number of aromatic nitrogens is 1. The van der Waals surface area contributed by atoms with Crippen LogP contribution in [0.2, 0.25) is 0 Å². The maximum absolute atomic E-state index is 13.1. The minimum absolute atomic E-state index is 0.185. The van der Waals surface area contributed by atoms with Gasteiger partial charge in [-0.15, -0.1) is 0 Å². The van der Waals surface area contributed by atoms with Gasteiger partial charge < -0.3 is 19.5 Å². The normalized spacial score (nSPS) is 17.6. The van der Waals surface area contributed by atoms with E-state index in [1.807, 2.05) is 24.3 Å². The van der Waals surface area contributed by atoms with Crippen molar-refractivity contribution in [3.8, 4) is 17.2 Å². The molecule has 6 heteroatoms. The molecule has 0 radical (unpaired) electrons. The average Bonchev–Trinajstić information content (AvgIpc) is 2.81. The van der Waals surface area contributed by atoms with Crippen LogP contribution in [-0.4, -0.2) is 32.1 Å². The zero-order valence-electron chi connectivity index (χ0n) is 17.8. The Labute approximate surface area is 180 Å². The van der Waals surface area contributed by atoms with Gasteiger partial charge in [-0.1, -0.05) is 6.07 Å². The van der Waals surface area contributed by atoms with E-state index in [0.29, 0.717) is 23.7 Å². The molecule has 1 aliphatic carbocycles. The highest BCUT2D eigenvalue weighted by Gasteiger charge is 2.36. The lowest BCUT2D eigenvalue weighted by atomic mass is 9.75. The first-order valence-corrected chi connectivity index (χ1v) is 10.4. The summed E-state index contributed by atoms with van der Waals surface area (Å²) in [5, 5.41) is 4.63. The topological polar surface area (TPSA) is 69.7 Å². The molecule has 1 aliphatic heterocycles. The predicted octanol–water partition coefficient (Wildman–Crippen LogP) is 4.83. The van der Waals surface area contributed by atoms with Crippen molar-refractivity contribution >= 4 is 22.4 Å². The van der Waals surface area contributed by atoms with Crippen LogP contribution in [-0.2, 0) is 4.79 Å². The molecule has 0 saturated carbocycles. The summed E-state index contributed by atoms with van der Waals surface area (Å²) < 4.78 is 16.7. The molecule has 1 aromatic heterocycles. The van der Waals surface area contributed by atoms with E-state index in [-0.39, 0.29) is 11.7 Å². The average molecular weight is 416 g/mol. The van der Waals surface area contributed by atoms with Crippen molar-refractivity contribution in [2.75, 3.05) is 26.6 Å². The first kappa shape index (κ1) is 19.4. The third-order valence-corrected chi connectivity index (χ3v) is 6.17. The Hall–Kier alpha value is -3.54. The lowest BCUT2D eigenvalue weighted by Crippen LogP contribution is -2.27. The van der Waals surface area contributed by atoms with E-state index < -0.39 is 0 Å². The third-order valence-electron chi connectivity index (χ3n) is 6.17. The minimum Gasteiger partial charge on any atom is -0.493 e. The van der Waals surface area contributed by atoms with Crippen molar-refractivity contribution in [3.05, 3.63) is 65.0 Å². The number of hydrogen-bond donors (Lipinski definition) is 1. The summed E-state index contributed by atoms with van der Waals surface area (Å²) >= 11 is 0. The maximum Gasteiger partial charge on any atom is 0.203 e. The highest BCUT2D eigenvalue weighted by molar-refractivity contribution is 6.04. The summed E-state index contributed by atoms with van der Waals surface area (Å²) in [5.74, 6) is 1.64. The molecule has 2 aliphatic rings. The molecule has 1 atom stereocenters. The van der Waals surface area contributed by atoms with E-state index >= 15 is 0 Å². The van der Waals surface area contributed by atoms with E-state index in [1.165, 1.54) is 0 Å². The van der Waals surface area contributed by atoms with Crippen molar-refractivity contribution in [2.24, 2.45) is 0 Å². The van der Waals surface area contributed by atoms with Gasteiger partial charge in [0.05, 0.1) is 32.5 Å². The van der Waals surface area contributed by atoms with Crippen molar-refractivity contribution in [1.29, 1.82) is 0 Å². The molecular formula is C25H24N2O4. The Morgan fingerprint density at radius 2 is 1.77 bits per heavy atom. The number of fused-ring (bicyclic) bond motifs is 3. The number of ether oxygens (including phenoxy) is 3. The number of pyridine rings is 1. The number of rotatable bonds is 4. The zero-order chi connectivity index (χ0) is 21.5. The molecular weight excluding hydrogens is 392 g/mol. The molecule has 6 nitrogen and oxygen atoms in total. The van der Waals surface area contributed by atoms with E-state index in [2.05, 4.69) is 22.4 Å². The highest BCUT2D eigenvalue weighted by Crippen LogP contribution is 2.50. The molecule has 0 bridgehead atoms. The Morgan fingerprint density at radius 3 is 2.48 bits per heavy atom. The second kappa shape index (κ2) is 7.61. The molecule has 0 saturated heterocycles. The lowest BCUT2D eigenvalue weighted by molar-refractivity contribution is -0.116. The molecule has 3 aromatic rings. The molecule has 5 rings (SSSR count). The van der Waals surface area contributed by atoms with Gasteiger partial charge in [0.15, 0.2) is 17.3 Å². The third kappa shape index (κ3) is 3.02. The summed E-state index contributed by atoms with van der Waals surface area (Å²) in [5.41, 5.74) is 5.74. The smallest absolute Gasteiger partial charge is 0.203 e. The van der Waals surface area contributed by atoms with E-state index in [0.717, 1.165) is 51.8 Å². The van der Waals surface area contributed by atoms with Gasteiger partial charge in [0.2, 0.25) is 5.75 Å². The Morgan fingerprint density at radius 1 is 1.00 bits per heavy atom. The molecule has 31 heavy (non-hydrogen) atoms. The summed E-state index contributed by atoms with van der Waals surface area (Å²) in [7, 11) is 4.80. The van der Waals surface area contributed by atoms with Gasteiger partial charge in [-0.25, -0.2) is 0 Å². The largest absolute Gasteiger partial charge is 0.493 e. The highest BCUT2D eigenvalue weighted by atomic mass is 16.5. The minimum atomic E-state index is -0.225. The number of hydrogen-bond acceptors (Lipinski definition) is 6.